The van der Waals surface area contributed by atoms with Gasteiger partial charge in [-0.25, -0.2) is 4.39 Å². The maximum atomic E-state index is 15.6. The van der Waals surface area contributed by atoms with Crippen LogP contribution in [0.5, 0.6) is 0 Å². The highest BCUT2D eigenvalue weighted by Gasteiger charge is 2.24. The third-order valence-corrected chi connectivity index (χ3v) is 14.3. The van der Waals surface area contributed by atoms with Gasteiger partial charge < -0.3 is 4.42 Å². The number of pyridine rings is 3. The van der Waals surface area contributed by atoms with Crippen molar-refractivity contribution in [2.24, 2.45) is 0 Å². The van der Waals surface area contributed by atoms with E-state index in [1.165, 1.54) is 36.8 Å². The highest BCUT2D eigenvalue weighted by molar-refractivity contribution is 6.12. The molecule has 2 aliphatic carbocycles. The Hall–Kier alpha value is -7.50. The predicted octanol–water partition coefficient (Wildman–Crippen LogP) is 17.2. The number of para-hydroxylation sites is 1. The fourth-order valence-electron chi connectivity index (χ4n) is 10.6. The van der Waals surface area contributed by atoms with Crippen LogP contribution in [0.15, 0.2) is 187 Å². The first-order chi connectivity index (χ1) is 40.1. The van der Waals surface area contributed by atoms with Crippen LogP contribution in [0.2, 0.25) is 0 Å². The van der Waals surface area contributed by atoms with Gasteiger partial charge in [-0.3, -0.25) is 15.0 Å². The minimum absolute atomic E-state index is 0.0261. The second-order valence-electron chi connectivity index (χ2n) is 18.9. The molecule has 0 aliphatic heterocycles. The average Bonchev–Trinajstić information content (AvgIpc) is 2.02. The monoisotopic (exact) mass is 954 g/mol. The Balaban J connectivity index is 0.979. The van der Waals surface area contributed by atoms with Crippen molar-refractivity contribution in [1.29, 1.82) is 0 Å². The Labute approximate surface area is 440 Å². The van der Waals surface area contributed by atoms with E-state index in [2.05, 4.69) is 15.0 Å². The summed E-state index contributed by atoms with van der Waals surface area (Å²) in [6.07, 6.45) is -7.77. The van der Waals surface area contributed by atoms with Gasteiger partial charge in [0.25, 0.3) is 0 Å². The third kappa shape index (κ3) is 9.65. The molecule has 4 nitrogen and oxygen atoms in total. The second-order valence-corrected chi connectivity index (χ2v) is 18.9. The van der Waals surface area contributed by atoms with Crippen molar-refractivity contribution in [3.05, 3.63) is 233 Å². The molecular weight excluding hydrogens is 882 g/mol. The molecule has 0 radical (unpaired) electrons. The van der Waals surface area contributed by atoms with Gasteiger partial charge in [0.15, 0.2) is 0 Å². The van der Waals surface area contributed by atoms with Gasteiger partial charge in [0.05, 0.1) is 22.6 Å². The van der Waals surface area contributed by atoms with Crippen molar-refractivity contribution in [3.8, 4) is 44.9 Å². The lowest BCUT2D eigenvalue weighted by molar-refractivity contribution is 0.622. The van der Waals surface area contributed by atoms with Crippen molar-refractivity contribution in [3.63, 3.8) is 0 Å². The predicted molar refractivity (Wildman–Crippen MR) is 293 cm³/mol. The van der Waals surface area contributed by atoms with E-state index in [1.807, 2.05) is 97.1 Å². The molecule has 0 spiro atoms. The van der Waals surface area contributed by atoms with Gasteiger partial charge in [0.2, 0.25) is 0 Å². The first kappa shape index (κ1) is 34.0. The van der Waals surface area contributed by atoms with Crippen LogP contribution in [0, 0.1) is 5.82 Å². The number of fused-ring (bicyclic) bond motifs is 3. The van der Waals surface area contributed by atoms with Crippen LogP contribution in [0.3, 0.4) is 0 Å². The highest BCUT2D eigenvalue weighted by atomic mass is 19.1. The van der Waals surface area contributed by atoms with E-state index in [1.54, 1.807) is 30.3 Å². The van der Waals surface area contributed by atoms with Crippen molar-refractivity contribution >= 4 is 21.9 Å². The van der Waals surface area contributed by atoms with E-state index in [9.17, 15) is 16.4 Å². The molecule has 0 N–H and O–H groups in total. The normalized spacial score (nSPS) is 17.9. The number of halogens is 1. The minimum Gasteiger partial charge on any atom is -0.455 e. The molecule has 2 fully saturated rings. The van der Waals surface area contributed by atoms with Gasteiger partial charge in [-0.05, 0) is 162 Å². The van der Waals surface area contributed by atoms with Crippen molar-refractivity contribution in [2.45, 2.75) is 101 Å². The molecule has 12 rings (SSSR count). The van der Waals surface area contributed by atoms with Crippen molar-refractivity contribution in [2.75, 3.05) is 0 Å². The number of rotatable bonds is 15. The first-order valence-electron chi connectivity index (χ1n) is 31.1. The lowest BCUT2D eigenvalue weighted by atomic mass is 9.88. The average molecular weight is 954 g/mol. The number of benzene rings is 6. The molecule has 5 heteroatoms. The molecule has 0 amide bonds. The number of hydrogen-bond acceptors (Lipinski definition) is 4. The zero-order chi connectivity index (χ0) is 59.0. The second kappa shape index (κ2) is 20.7. The fourth-order valence-corrected chi connectivity index (χ4v) is 10.6. The number of nitrogens with zero attached hydrogens (tertiary/aromatic N) is 3. The van der Waals surface area contributed by atoms with Crippen LogP contribution < -0.4 is 0 Å². The molecule has 356 valence electrons. The number of aromatic nitrogens is 3. The number of furan rings is 1. The van der Waals surface area contributed by atoms with E-state index in [4.69, 9.17) is 4.42 Å². The van der Waals surface area contributed by atoms with E-state index in [0.717, 1.165) is 80.7 Å². The molecule has 2 aliphatic rings. The SMILES string of the molecule is [2H]C([2H])(c1ccc(-c2cccc3c2oc2c(-c4ccccc4)c(F)ccc23)nc1)C([2H])([2H])c1cc(C([2H])([2H])C([2H])([2H])c2cnc(-c3ccccc3)cc2C2CCCC2)cc(C([2H])([2H])C([2H])([2H])c2cnc(-c3ccccc3)cc2C2CCCC2)c1. The summed E-state index contributed by atoms with van der Waals surface area (Å²) in [7, 11) is 0. The molecule has 0 unspecified atom stereocenters. The quantitative estimate of drug-likeness (QED) is 0.103. The summed E-state index contributed by atoms with van der Waals surface area (Å²) < 4.78 is 140. The lowest BCUT2D eigenvalue weighted by Crippen LogP contribution is -2.05. The van der Waals surface area contributed by atoms with Gasteiger partial charge in [-0.15, -0.1) is 0 Å². The maximum absolute atomic E-state index is 15.6. The molecule has 72 heavy (non-hydrogen) atoms. The van der Waals surface area contributed by atoms with Crippen LogP contribution >= 0.6 is 0 Å². The topological polar surface area (TPSA) is 51.8 Å². The van der Waals surface area contributed by atoms with Crippen LogP contribution in [0.4, 0.5) is 4.39 Å². The molecule has 10 aromatic rings. The van der Waals surface area contributed by atoms with Crippen LogP contribution in [0.25, 0.3) is 66.8 Å². The molecular formula is C67H60FN3O. The standard InChI is InChI=1S/C67H60FN3O/c68-61-35-34-57-56-25-14-26-58(66(56)72-67(57)65(61)53-23-8-3-9-24-53)62-36-31-45(42-69-62)27-28-46-37-47(29-32-54-43-70-63(51-19-4-1-5-20-51)40-59(54)49-15-10-11-16-49)39-48(38-46)30-33-55-44-71-64(52-21-6-2-7-22-52)41-60(55)50-17-12-13-18-50/h1-9,14,19-26,31,34-44,49-50H,10-13,15-18,27-30,32-33H2/i27D2,28D2,29D2,30D2,32D2,33D2. The molecule has 0 atom stereocenters. The van der Waals surface area contributed by atoms with Gasteiger partial charge in [-0.2, -0.15) is 0 Å². The maximum Gasteiger partial charge on any atom is 0.146 e. The van der Waals surface area contributed by atoms with Gasteiger partial charge in [0, 0.05) is 62.5 Å². The van der Waals surface area contributed by atoms with E-state index >= 15 is 4.39 Å². The summed E-state index contributed by atoms with van der Waals surface area (Å²) in [5, 5.41) is 1.36. The summed E-state index contributed by atoms with van der Waals surface area (Å²) in [5.74, 6) is -0.712. The van der Waals surface area contributed by atoms with Crippen molar-refractivity contribution < 1.29 is 25.3 Å². The molecule has 2 saturated carbocycles. The summed E-state index contributed by atoms with van der Waals surface area (Å²) in [6.45, 7) is 0. The Morgan fingerprint density at radius 1 is 0.431 bits per heavy atom. The Morgan fingerprint density at radius 2 is 0.917 bits per heavy atom. The number of hydrogen-bond donors (Lipinski definition) is 0. The highest BCUT2D eigenvalue weighted by Crippen LogP contribution is 2.42. The molecule has 6 aromatic carbocycles. The van der Waals surface area contributed by atoms with Crippen molar-refractivity contribution in [1.82, 2.24) is 15.0 Å². The fraction of sp³-hybridized carbons (Fsp3) is 0.239. The lowest BCUT2D eigenvalue weighted by Gasteiger charge is -2.18. The summed E-state index contributed by atoms with van der Waals surface area (Å²) in [5.41, 5.74) is 4.50. The summed E-state index contributed by atoms with van der Waals surface area (Å²) in [4.78, 5) is 14.0. The molecule has 4 aromatic heterocycles. The largest absolute Gasteiger partial charge is 0.455 e. The Morgan fingerprint density at radius 3 is 1.44 bits per heavy atom. The zero-order valence-electron chi connectivity index (χ0n) is 51.8. The molecule has 4 heterocycles. The molecule has 0 saturated heterocycles. The smallest absolute Gasteiger partial charge is 0.146 e. The van der Waals surface area contributed by atoms with Gasteiger partial charge >= 0.3 is 0 Å². The third-order valence-electron chi connectivity index (χ3n) is 14.3. The Kier molecular flexibility index (Phi) is 9.76. The Bertz CT molecular complexity index is 3930. The van der Waals surface area contributed by atoms with Gasteiger partial charge in [0.1, 0.15) is 17.0 Å². The van der Waals surface area contributed by atoms with E-state index < -0.39 is 60.7 Å². The summed E-state index contributed by atoms with van der Waals surface area (Å²) >= 11 is 0. The minimum atomic E-state index is -3.15. The number of aryl methyl sites for hydroxylation is 6. The zero-order valence-corrected chi connectivity index (χ0v) is 39.8. The first-order valence-corrected chi connectivity index (χ1v) is 25.1. The van der Waals surface area contributed by atoms with Crippen LogP contribution in [-0.4, -0.2) is 15.0 Å². The van der Waals surface area contributed by atoms with Crippen LogP contribution in [-0.2, 0) is 38.2 Å². The van der Waals surface area contributed by atoms with E-state index in [0.29, 0.717) is 66.8 Å². The van der Waals surface area contributed by atoms with E-state index in [-0.39, 0.29) is 28.5 Å². The van der Waals surface area contributed by atoms with Crippen LogP contribution in [0.1, 0.15) is 124 Å². The summed E-state index contributed by atoms with van der Waals surface area (Å²) in [6, 6.07) is 46.0. The molecule has 0 bridgehead atoms. The van der Waals surface area contributed by atoms with Gasteiger partial charge in [-0.1, -0.05) is 153 Å².